The summed E-state index contributed by atoms with van der Waals surface area (Å²) >= 11 is 1.13. The number of benzene rings is 1. The van der Waals surface area contributed by atoms with Crippen LogP contribution in [0.3, 0.4) is 0 Å². The molecule has 1 aromatic rings. The molecule has 1 aromatic carbocycles. The number of carbonyl (C=O) groups is 1. The quantitative estimate of drug-likeness (QED) is 0.634. The van der Waals surface area contributed by atoms with Crippen LogP contribution in [0.25, 0.3) is 0 Å². The lowest BCUT2D eigenvalue weighted by molar-refractivity contribution is -0.109. The summed E-state index contributed by atoms with van der Waals surface area (Å²) in [4.78, 5) is 11.2. The van der Waals surface area contributed by atoms with Crippen LogP contribution in [-0.2, 0) is 14.8 Å². The topological polar surface area (TPSA) is 63.7 Å². The Kier molecular flexibility index (Phi) is 8.08. The molecule has 0 heterocycles. The average Bonchev–Trinajstić information content (AvgIpc) is 2.52. The van der Waals surface area contributed by atoms with Gasteiger partial charge in [0.15, 0.2) is 5.12 Å². The van der Waals surface area contributed by atoms with Crippen molar-refractivity contribution in [3.8, 4) is 5.75 Å². The smallest absolute Gasteiger partial charge is 0.243 e. The van der Waals surface area contributed by atoms with E-state index in [2.05, 4.69) is 6.92 Å². The third-order valence-electron chi connectivity index (χ3n) is 3.42. The van der Waals surface area contributed by atoms with Gasteiger partial charge in [-0.25, -0.2) is 8.42 Å². The van der Waals surface area contributed by atoms with Gasteiger partial charge < -0.3 is 4.74 Å². The molecule has 0 amide bonds. The van der Waals surface area contributed by atoms with Crippen LogP contribution in [0.2, 0.25) is 0 Å². The van der Waals surface area contributed by atoms with E-state index in [1.807, 2.05) is 0 Å². The summed E-state index contributed by atoms with van der Waals surface area (Å²) in [7, 11) is -2.04. The molecule has 0 bridgehead atoms. The highest BCUT2D eigenvalue weighted by Gasteiger charge is 2.25. The van der Waals surface area contributed by atoms with Gasteiger partial charge in [0.1, 0.15) is 5.75 Å². The Morgan fingerprint density at radius 2 is 1.91 bits per heavy atom. The summed E-state index contributed by atoms with van der Waals surface area (Å²) < 4.78 is 32.0. The molecular formula is C16H25NO4S2. The van der Waals surface area contributed by atoms with Crippen molar-refractivity contribution in [2.45, 2.75) is 44.6 Å². The van der Waals surface area contributed by atoms with E-state index in [9.17, 15) is 13.2 Å². The minimum absolute atomic E-state index is 0.0174. The maximum atomic E-state index is 12.6. The van der Waals surface area contributed by atoms with Gasteiger partial charge in [-0.2, -0.15) is 4.31 Å². The van der Waals surface area contributed by atoms with E-state index in [0.29, 0.717) is 18.1 Å². The van der Waals surface area contributed by atoms with Crippen molar-refractivity contribution in [3.63, 3.8) is 0 Å². The maximum absolute atomic E-state index is 12.6. The Labute approximate surface area is 143 Å². The molecule has 0 unspecified atom stereocenters. The fourth-order valence-corrected chi connectivity index (χ4v) is 3.94. The number of carbonyl (C=O) groups excluding carboxylic acids is 1. The second-order valence-electron chi connectivity index (χ2n) is 5.35. The predicted molar refractivity (Wildman–Crippen MR) is 94.4 cm³/mol. The zero-order valence-corrected chi connectivity index (χ0v) is 15.7. The van der Waals surface area contributed by atoms with E-state index in [1.165, 1.54) is 18.3 Å². The number of sulfonamides is 1. The molecule has 1 atom stereocenters. The number of thioether (sulfide) groups is 1. The Hall–Kier alpha value is -1.05. The third kappa shape index (κ3) is 6.16. The highest BCUT2D eigenvalue weighted by atomic mass is 32.2. The molecule has 5 nitrogen and oxygen atoms in total. The molecule has 0 aromatic heterocycles. The minimum Gasteiger partial charge on any atom is -0.494 e. The Morgan fingerprint density at radius 1 is 1.30 bits per heavy atom. The van der Waals surface area contributed by atoms with E-state index in [1.54, 1.807) is 31.2 Å². The summed E-state index contributed by atoms with van der Waals surface area (Å²) in [6.07, 6.45) is 2.02. The van der Waals surface area contributed by atoms with Crippen LogP contribution in [0, 0.1) is 0 Å². The Balaban J connectivity index is 2.76. The normalized spacial score (nSPS) is 13.1. The van der Waals surface area contributed by atoms with Gasteiger partial charge in [0.05, 0.1) is 11.5 Å². The SMILES string of the molecule is CCCCOc1ccc(S(=O)(=O)N(C)[C@H](C)CSC(C)=O)cc1. The molecule has 0 aliphatic rings. The standard InChI is InChI=1S/C16H25NO4S2/c1-5-6-11-21-15-7-9-16(10-8-15)23(19,20)17(4)13(2)12-22-14(3)18/h7-10,13H,5-6,11-12H2,1-4H3/t13-/m1/s1. The van der Waals surface area contributed by atoms with E-state index in [0.717, 1.165) is 24.6 Å². The van der Waals surface area contributed by atoms with Crippen molar-refractivity contribution in [2.75, 3.05) is 19.4 Å². The van der Waals surface area contributed by atoms with Gasteiger partial charge in [0.2, 0.25) is 10.0 Å². The van der Waals surface area contributed by atoms with Gasteiger partial charge >= 0.3 is 0 Å². The van der Waals surface area contributed by atoms with Gasteiger partial charge in [-0.05, 0) is 37.6 Å². The number of rotatable bonds is 9. The van der Waals surface area contributed by atoms with E-state index in [4.69, 9.17) is 4.74 Å². The summed E-state index contributed by atoms with van der Waals surface area (Å²) in [6.45, 7) is 5.97. The molecule has 1 rings (SSSR count). The first-order valence-electron chi connectivity index (χ1n) is 7.63. The number of hydrogen-bond acceptors (Lipinski definition) is 5. The van der Waals surface area contributed by atoms with Crippen LogP contribution >= 0.6 is 11.8 Å². The maximum Gasteiger partial charge on any atom is 0.243 e. The second kappa shape index (κ2) is 9.30. The predicted octanol–water partition coefficient (Wildman–Crippen LogP) is 3.15. The molecule has 0 saturated heterocycles. The lowest BCUT2D eigenvalue weighted by Crippen LogP contribution is -2.36. The summed E-state index contributed by atoms with van der Waals surface area (Å²) in [6, 6.07) is 6.18. The fourth-order valence-electron chi connectivity index (χ4n) is 1.79. The number of nitrogens with zero attached hydrogens (tertiary/aromatic N) is 1. The van der Waals surface area contributed by atoms with Crippen LogP contribution in [0.1, 0.15) is 33.6 Å². The molecular weight excluding hydrogens is 334 g/mol. The molecule has 0 aliphatic heterocycles. The lowest BCUT2D eigenvalue weighted by Gasteiger charge is -2.23. The summed E-state index contributed by atoms with van der Waals surface area (Å²) in [5.41, 5.74) is 0. The van der Waals surface area contributed by atoms with Gasteiger partial charge in [-0.15, -0.1) is 0 Å². The molecule has 0 N–H and O–H groups in total. The van der Waals surface area contributed by atoms with Crippen molar-refractivity contribution < 1.29 is 17.9 Å². The molecule has 0 aliphatic carbocycles. The first-order valence-corrected chi connectivity index (χ1v) is 10.1. The molecule has 7 heteroatoms. The Morgan fingerprint density at radius 3 is 2.43 bits per heavy atom. The first kappa shape index (κ1) is 20.0. The molecule has 23 heavy (non-hydrogen) atoms. The van der Waals surface area contributed by atoms with Gasteiger partial charge in [-0.1, -0.05) is 25.1 Å². The largest absolute Gasteiger partial charge is 0.494 e. The average molecular weight is 360 g/mol. The van der Waals surface area contributed by atoms with Crippen LogP contribution in [-0.4, -0.2) is 43.3 Å². The van der Waals surface area contributed by atoms with Crippen LogP contribution < -0.4 is 4.74 Å². The molecule has 0 radical (unpaired) electrons. The third-order valence-corrected chi connectivity index (χ3v) is 6.46. The van der Waals surface area contributed by atoms with Gasteiger partial charge in [-0.3, -0.25) is 4.79 Å². The van der Waals surface area contributed by atoms with Gasteiger partial charge in [0.25, 0.3) is 0 Å². The molecule has 0 saturated carbocycles. The number of ether oxygens (including phenoxy) is 1. The zero-order chi connectivity index (χ0) is 17.5. The molecule has 0 fully saturated rings. The second-order valence-corrected chi connectivity index (χ2v) is 8.54. The van der Waals surface area contributed by atoms with Crippen molar-refractivity contribution in [3.05, 3.63) is 24.3 Å². The molecule has 0 spiro atoms. The first-order chi connectivity index (χ1) is 10.8. The zero-order valence-electron chi connectivity index (χ0n) is 14.1. The minimum atomic E-state index is -3.57. The van der Waals surface area contributed by atoms with Crippen molar-refractivity contribution in [2.24, 2.45) is 0 Å². The van der Waals surface area contributed by atoms with Crippen LogP contribution in [0.4, 0.5) is 0 Å². The Bertz CT molecular complexity index is 599. The lowest BCUT2D eigenvalue weighted by atomic mass is 10.3. The van der Waals surface area contributed by atoms with E-state index < -0.39 is 10.0 Å². The fraction of sp³-hybridized carbons (Fsp3) is 0.562. The highest BCUT2D eigenvalue weighted by molar-refractivity contribution is 8.13. The summed E-state index contributed by atoms with van der Waals surface area (Å²) in [5, 5.41) is -0.0174. The summed E-state index contributed by atoms with van der Waals surface area (Å²) in [5.74, 6) is 1.10. The number of hydrogen-bond donors (Lipinski definition) is 0. The number of unbranched alkanes of at least 4 members (excludes halogenated alkanes) is 1. The van der Waals surface area contributed by atoms with Crippen LogP contribution in [0.5, 0.6) is 5.75 Å². The van der Waals surface area contributed by atoms with Crippen molar-refractivity contribution in [1.29, 1.82) is 0 Å². The van der Waals surface area contributed by atoms with Crippen LogP contribution in [0.15, 0.2) is 29.2 Å². The monoisotopic (exact) mass is 359 g/mol. The van der Waals surface area contributed by atoms with E-state index >= 15 is 0 Å². The van der Waals surface area contributed by atoms with Crippen molar-refractivity contribution >= 4 is 26.9 Å². The van der Waals surface area contributed by atoms with E-state index in [-0.39, 0.29) is 16.1 Å². The van der Waals surface area contributed by atoms with Gasteiger partial charge in [0, 0.05) is 25.8 Å². The highest BCUT2D eigenvalue weighted by Crippen LogP contribution is 2.21. The van der Waals surface area contributed by atoms with Crippen molar-refractivity contribution in [1.82, 2.24) is 4.31 Å². The molecule has 130 valence electrons.